The van der Waals surface area contributed by atoms with Crippen molar-refractivity contribution in [3.8, 4) is 11.4 Å². The molecule has 0 saturated carbocycles. The van der Waals surface area contributed by atoms with Gasteiger partial charge in [0.05, 0.1) is 12.6 Å². The van der Waals surface area contributed by atoms with Gasteiger partial charge in [-0.1, -0.05) is 24.3 Å². The summed E-state index contributed by atoms with van der Waals surface area (Å²) in [5.74, 6) is 2.85. The van der Waals surface area contributed by atoms with Gasteiger partial charge in [0.1, 0.15) is 11.6 Å². The van der Waals surface area contributed by atoms with Crippen LogP contribution >= 0.6 is 0 Å². The number of hydrogen-bond donors (Lipinski definition) is 0. The van der Waals surface area contributed by atoms with E-state index in [1.54, 1.807) is 0 Å². The number of imidazole rings is 1. The summed E-state index contributed by atoms with van der Waals surface area (Å²) in [7, 11) is 0. The second-order valence-corrected chi connectivity index (χ2v) is 9.13. The van der Waals surface area contributed by atoms with Crippen molar-refractivity contribution in [2.75, 3.05) is 37.7 Å². The standard InChI is InChI=1S/C24H28N6O2/c1-15-5-3-4-6-19(15)22-27-21-23(28-10-11-29-17(13-28)7-8-20(29)31)25-16(2)26-24(21)30(22)18-9-12-32-14-18/h3-6,17-18H,7-14H2,1-2H3. The third-order valence-corrected chi connectivity index (χ3v) is 7.08. The van der Waals surface area contributed by atoms with Gasteiger partial charge in [-0.2, -0.15) is 0 Å². The predicted octanol–water partition coefficient (Wildman–Crippen LogP) is 2.88. The van der Waals surface area contributed by atoms with Crippen LogP contribution in [-0.2, 0) is 9.53 Å². The van der Waals surface area contributed by atoms with Crippen molar-refractivity contribution in [2.24, 2.45) is 0 Å². The highest BCUT2D eigenvalue weighted by Crippen LogP contribution is 2.36. The van der Waals surface area contributed by atoms with Crippen LogP contribution in [0.1, 0.15) is 36.7 Å². The van der Waals surface area contributed by atoms with Crippen LogP contribution in [0.5, 0.6) is 0 Å². The van der Waals surface area contributed by atoms with Crippen molar-refractivity contribution in [3.05, 3.63) is 35.7 Å². The fourth-order valence-electron chi connectivity index (χ4n) is 5.43. The van der Waals surface area contributed by atoms with Gasteiger partial charge in [-0.15, -0.1) is 0 Å². The quantitative estimate of drug-likeness (QED) is 0.634. The molecule has 1 aromatic carbocycles. The van der Waals surface area contributed by atoms with Gasteiger partial charge in [-0.05, 0) is 32.3 Å². The molecule has 2 unspecified atom stereocenters. The smallest absolute Gasteiger partial charge is 0.223 e. The van der Waals surface area contributed by atoms with Crippen molar-refractivity contribution in [3.63, 3.8) is 0 Å². The van der Waals surface area contributed by atoms with E-state index < -0.39 is 0 Å². The Bertz CT molecular complexity index is 1200. The van der Waals surface area contributed by atoms with Crippen LogP contribution in [0.15, 0.2) is 24.3 Å². The Labute approximate surface area is 187 Å². The molecule has 8 heteroatoms. The van der Waals surface area contributed by atoms with Gasteiger partial charge in [-0.25, -0.2) is 15.0 Å². The van der Waals surface area contributed by atoms with Crippen molar-refractivity contribution >= 4 is 22.9 Å². The summed E-state index contributed by atoms with van der Waals surface area (Å²) in [6.07, 6.45) is 2.53. The highest BCUT2D eigenvalue weighted by molar-refractivity contribution is 5.88. The number of ether oxygens (including phenoxy) is 1. The van der Waals surface area contributed by atoms with E-state index >= 15 is 0 Å². The van der Waals surface area contributed by atoms with Crippen molar-refractivity contribution in [1.29, 1.82) is 0 Å². The topological polar surface area (TPSA) is 76.4 Å². The van der Waals surface area contributed by atoms with Gasteiger partial charge < -0.3 is 19.1 Å². The molecule has 3 aromatic rings. The van der Waals surface area contributed by atoms with Crippen LogP contribution in [0.25, 0.3) is 22.6 Å². The lowest BCUT2D eigenvalue weighted by Crippen LogP contribution is -2.51. The van der Waals surface area contributed by atoms with Crippen LogP contribution in [0.2, 0.25) is 0 Å². The molecule has 6 rings (SSSR count). The first-order valence-electron chi connectivity index (χ1n) is 11.5. The molecule has 3 aliphatic heterocycles. The van der Waals surface area contributed by atoms with Crippen LogP contribution in [0.3, 0.4) is 0 Å². The Balaban J connectivity index is 1.51. The van der Waals surface area contributed by atoms with E-state index in [2.05, 4.69) is 40.7 Å². The van der Waals surface area contributed by atoms with Gasteiger partial charge in [-0.3, -0.25) is 4.79 Å². The van der Waals surface area contributed by atoms with E-state index in [-0.39, 0.29) is 18.0 Å². The van der Waals surface area contributed by atoms with Crippen molar-refractivity contribution in [1.82, 2.24) is 24.4 Å². The number of piperazine rings is 1. The van der Waals surface area contributed by atoms with Crippen LogP contribution < -0.4 is 4.90 Å². The molecule has 32 heavy (non-hydrogen) atoms. The Hall–Kier alpha value is -3.00. The molecular formula is C24H28N6O2. The Morgan fingerprint density at radius 1 is 1.03 bits per heavy atom. The van der Waals surface area contributed by atoms with Crippen molar-refractivity contribution < 1.29 is 9.53 Å². The summed E-state index contributed by atoms with van der Waals surface area (Å²) in [5.41, 5.74) is 4.03. The number of carbonyl (C=O) groups excluding carboxylic acids is 1. The molecule has 0 bridgehead atoms. The molecule has 3 fully saturated rings. The summed E-state index contributed by atoms with van der Waals surface area (Å²) >= 11 is 0. The number of benzene rings is 1. The fraction of sp³-hybridized carbons (Fsp3) is 0.500. The minimum Gasteiger partial charge on any atom is -0.379 e. The molecule has 166 valence electrons. The molecule has 3 saturated heterocycles. The zero-order chi connectivity index (χ0) is 21.8. The number of amides is 1. The maximum atomic E-state index is 12.2. The van der Waals surface area contributed by atoms with Crippen LogP contribution in [0, 0.1) is 13.8 Å². The van der Waals surface area contributed by atoms with E-state index in [0.29, 0.717) is 13.0 Å². The number of fused-ring (bicyclic) bond motifs is 2. The molecule has 0 aliphatic carbocycles. The predicted molar refractivity (Wildman–Crippen MR) is 122 cm³/mol. The van der Waals surface area contributed by atoms with E-state index in [1.807, 2.05) is 11.8 Å². The highest BCUT2D eigenvalue weighted by Gasteiger charge is 2.37. The molecule has 0 spiro atoms. The van der Waals surface area contributed by atoms with E-state index in [1.165, 1.54) is 5.56 Å². The second-order valence-electron chi connectivity index (χ2n) is 9.13. The summed E-state index contributed by atoms with van der Waals surface area (Å²) in [6.45, 7) is 7.82. The van der Waals surface area contributed by atoms with E-state index in [4.69, 9.17) is 19.7 Å². The SMILES string of the molecule is Cc1nc(N2CCN3C(=O)CCC3C2)c2nc(-c3ccccc3C)n(C3CCOC3)c2n1. The Morgan fingerprint density at radius 2 is 1.91 bits per heavy atom. The lowest BCUT2D eigenvalue weighted by molar-refractivity contribution is -0.129. The minimum absolute atomic E-state index is 0.209. The molecule has 2 atom stereocenters. The van der Waals surface area contributed by atoms with Crippen molar-refractivity contribution in [2.45, 2.75) is 45.2 Å². The number of aryl methyl sites for hydroxylation is 2. The average molecular weight is 433 g/mol. The van der Waals surface area contributed by atoms with E-state index in [0.717, 1.165) is 73.3 Å². The first-order valence-corrected chi connectivity index (χ1v) is 11.5. The zero-order valence-electron chi connectivity index (χ0n) is 18.6. The summed E-state index contributed by atoms with van der Waals surface area (Å²) in [4.78, 5) is 31.4. The van der Waals surface area contributed by atoms with Crippen LogP contribution in [-0.4, -0.2) is 69.2 Å². The van der Waals surface area contributed by atoms with Crippen LogP contribution in [0.4, 0.5) is 5.82 Å². The molecule has 8 nitrogen and oxygen atoms in total. The normalized spacial score (nSPS) is 23.4. The van der Waals surface area contributed by atoms with Gasteiger partial charge in [0, 0.05) is 44.3 Å². The lowest BCUT2D eigenvalue weighted by Gasteiger charge is -2.38. The average Bonchev–Trinajstić information content (AvgIpc) is 3.52. The summed E-state index contributed by atoms with van der Waals surface area (Å²) in [6, 6.07) is 8.85. The molecule has 5 heterocycles. The number of hydrogen-bond acceptors (Lipinski definition) is 6. The fourth-order valence-corrected chi connectivity index (χ4v) is 5.43. The largest absolute Gasteiger partial charge is 0.379 e. The maximum Gasteiger partial charge on any atom is 0.223 e. The third-order valence-electron chi connectivity index (χ3n) is 7.08. The lowest BCUT2D eigenvalue weighted by atomic mass is 10.1. The zero-order valence-corrected chi connectivity index (χ0v) is 18.6. The van der Waals surface area contributed by atoms with E-state index in [9.17, 15) is 4.79 Å². The number of rotatable bonds is 3. The monoisotopic (exact) mass is 432 g/mol. The number of anilines is 1. The molecule has 0 N–H and O–H groups in total. The van der Waals surface area contributed by atoms with Gasteiger partial charge in [0.15, 0.2) is 17.0 Å². The summed E-state index contributed by atoms with van der Waals surface area (Å²) in [5, 5.41) is 0. The number of nitrogens with zero attached hydrogens (tertiary/aromatic N) is 6. The molecule has 2 aromatic heterocycles. The maximum absolute atomic E-state index is 12.2. The Kier molecular flexibility index (Phi) is 4.64. The van der Waals surface area contributed by atoms with Gasteiger partial charge >= 0.3 is 0 Å². The number of aromatic nitrogens is 4. The minimum atomic E-state index is 0.209. The van der Waals surface area contributed by atoms with Gasteiger partial charge in [0.25, 0.3) is 0 Å². The third kappa shape index (κ3) is 3.08. The Morgan fingerprint density at radius 3 is 2.72 bits per heavy atom. The molecule has 1 amide bonds. The number of carbonyl (C=O) groups is 1. The summed E-state index contributed by atoms with van der Waals surface area (Å²) < 4.78 is 8.02. The van der Waals surface area contributed by atoms with Gasteiger partial charge in [0.2, 0.25) is 5.91 Å². The molecule has 0 radical (unpaired) electrons. The molecule has 3 aliphatic rings. The molecular weight excluding hydrogens is 404 g/mol. The first-order chi connectivity index (χ1) is 15.6. The highest BCUT2D eigenvalue weighted by atomic mass is 16.5. The first kappa shape index (κ1) is 19.7. The second kappa shape index (κ2) is 7.55.